The van der Waals surface area contributed by atoms with Crippen LogP contribution in [0.3, 0.4) is 0 Å². The zero-order chi connectivity index (χ0) is 19.9. The van der Waals surface area contributed by atoms with Crippen LogP contribution in [0.15, 0.2) is 68.3 Å². The summed E-state index contributed by atoms with van der Waals surface area (Å²) in [5.74, 6) is 0.480. The molecule has 0 bridgehead atoms. The highest BCUT2D eigenvalue weighted by molar-refractivity contribution is 7.94. The molecule has 3 aromatic heterocycles. The Morgan fingerprint density at radius 1 is 1.11 bits per heavy atom. The molecule has 3 heterocycles. The molecule has 1 N–H and O–H groups in total. The maximum Gasteiger partial charge on any atom is 0.296 e. The number of nitrogens with zero attached hydrogens (tertiary/aromatic N) is 3. The van der Waals surface area contributed by atoms with Crippen LogP contribution in [0, 0.1) is 6.92 Å². The monoisotopic (exact) mass is 416 g/mol. The second-order valence-corrected chi connectivity index (χ2v) is 9.03. The molecule has 0 atom stereocenters. The van der Waals surface area contributed by atoms with Crippen molar-refractivity contribution in [2.75, 3.05) is 4.72 Å². The van der Waals surface area contributed by atoms with Gasteiger partial charge in [0.25, 0.3) is 15.6 Å². The highest BCUT2D eigenvalue weighted by atomic mass is 32.2. The van der Waals surface area contributed by atoms with Gasteiger partial charge in [0.2, 0.25) is 0 Å². The SMILES string of the molecule is Cc1c(NS(=O)(=O)c2ccc(-c3ccno3)s2)c(=O)n(-c2ccccc2)n1C. The Morgan fingerprint density at radius 2 is 1.86 bits per heavy atom. The van der Waals surface area contributed by atoms with E-state index in [1.54, 1.807) is 42.9 Å². The molecule has 0 aliphatic rings. The predicted octanol–water partition coefficient (Wildman–Crippen LogP) is 3.00. The third kappa shape index (κ3) is 3.06. The largest absolute Gasteiger partial charge is 0.355 e. The average molecular weight is 416 g/mol. The van der Waals surface area contributed by atoms with E-state index < -0.39 is 15.6 Å². The molecular weight excluding hydrogens is 400 g/mol. The van der Waals surface area contributed by atoms with Gasteiger partial charge in [0.05, 0.1) is 22.5 Å². The number of hydrogen-bond donors (Lipinski definition) is 1. The Morgan fingerprint density at radius 3 is 2.54 bits per heavy atom. The summed E-state index contributed by atoms with van der Waals surface area (Å²) in [5, 5.41) is 3.62. The summed E-state index contributed by atoms with van der Waals surface area (Å²) in [6.07, 6.45) is 1.49. The molecule has 4 rings (SSSR count). The molecule has 0 saturated carbocycles. The van der Waals surface area contributed by atoms with Crippen LogP contribution in [-0.2, 0) is 17.1 Å². The van der Waals surface area contributed by atoms with Crippen molar-refractivity contribution in [3.8, 4) is 16.3 Å². The van der Waals surface area contributed by atoms with Crippen molar-refractivity contribution in [2.24, 2.45) is 7.05 Å². The summed E-state index contributed by atoms with van der Waals surface area (Å²) in [6.45, 7) is 1.69. The molecule has 0 radical (unpaired) electrons. The molecule has 0 saturated heterocycles. The number of para-hydroxylation sites is 1. The number of aromatic nitrogens is 3. The first-order valence-electron chi connectivity index (χ1n) is 8.26. The Hall–Kier alpha value is -3.11. The van der Waals surface area contributed by atoms with E-state index in [-0.39, 0.29) is 9.90 Å². The maximum absolute atomic E-state index is 12.9. The van der Waals surface area contributed by atoms with E-state index in [1.165, 1.54) is 16.9 Å². The lowest BCUT2D eigenvalue weighted by molar-refractivity contribution is 0.433. The van der Waals surface area contributed by atoms with Gasteiger partial charge in [-0.1, -0.05) is 23.4 Å². The minimum Gasteiger partial charge on any atom is -0.355 e. The van der Waals surface area contributed by atoms with Gasteiger partial charge in [0, 0.05) is 13.1 Å². The molecule has 0 aliphatic heterocycles. The molecule has 0 fully saturated rings. The number of nitrogens with one attached hydrogen (secondary N) is 1. The Balaban J connectivity index is 1.72. The van der Waals surface area contributed by atoms with Gasteiger partial charge in [0.15, 0.2) is 5.76 Å². The molecule has 0 spiro atoms. The van der Waals surface area contributed by atoms with Crippen molar-refractivity contribution in [1.29, 1.82) is 0 Å². The van der Waals surface area contributed by atoms with Crippen LogP contribution in [0.5, 0.6) is 0 Å². The molecular formula is C18H16N4O4S2. The predicted molar refractivity (Wildman–Crippen MR) is 106 cm³/mol. The number of thiophene rings is 1. The van der Waals surface area contributed by atoms with E-state index in [2.05, 4.69) is 9.88 Å². The Bertz CT molecular complexity index is 1280. The lowest BCUT2D eigenvalue weighted by atomic mass is 10.3. The van der Waals surface area contributed by atoms with Gasteiger partial charge >= 0.3 is 0 Å². The minimum absolute atomic E-state index is 0.0148. The van der Waals surface area contributed by atoms with Crippen molar-refractivity contribution in [3.63, 3.8) is 0 Å². The van der Waals surface area contributed by atoms with E-state index in [0.29, 0.717) is 22.0 Å². The zero-order valence-electron chi connectivity index (χ0n) is 15.0. The van der Waals surface area contributed by atoms with Crippen LogP contribution in [-0.4, -0.2) is 22.9 Å². The van der Waals surface area contributed by atoms with Crippen LogP contribution in [0.25, 0.3) is 16.3 Å². The average Bonchev–Trinajstić information content (AvgIpc) is 3.40. The summed E-state index contributed by atoms with van der Waals surface area (Å²) >= 11 is 1.04. The van der Waals surface area contributed by atoms with E-state index in [9.17, 15) is 13.2 Å². The highest BCUT2D eigenvalue weighted by Gasteiger charge is 2.24. The third-order valence-electron chi connectivity index (χ3n) is 4.32. The summed E-state index contributed by atoms with van der Waals surface area (Å²) in [5.41, 5.74) is 0.722. The standard InChI is InChI=1S/C18H16N4O4S2/c1-12-17(18(23)22(21(12)2)13-6-4-3-5-7-13)20-28(24,25)16-9-8-15(27-16)14-10-11-19-26-14/h3-11,20H,1-2H3. The summed E-state index contributed by atoms with van der Waals surface area (Å²) in [7, 11) is -2.23. The first kappa shape index (κ1) is 18.3. The lowest BCUT2D eigenvalue weighted by Crippen LogP contribution is -2.22. The van der Waals surface area contributed by atoms with Crippen molar-refractivity contribution >= 4 is 27.0 Å². The van der Waals surface area contributed by atoms with Crippen LogP contribution < -0.4 is 10.3 Å². The van der Waals surface area contributed by atoms with Gasteiger partial charge in [-0.2, -0.15) is 0 Å². The lowest BCUT2D eigenvalue weighted by Gasteiger charge is -2.07. The van der Waals surface area contributed by atoms with Crippen LogP contribution in [0.1, 0.15) is 5.69 Å². The minimum atomic E-state index is -3.93. The molecule has 0 unspecified atom stereocenters. The maximum atomic E-state index is 12.9. The second kappa shape index (κ2) is 6.80. The van der Waals surface area contributed by atoms with Crippen molar-refractivity contribution in [1.82, 2.24) is 14.5 Å². The molecule has 4 aromatic rings. The summed E-state index contributed by atoms with van der Waals surface area (Å²) in [6, 6.07) is 13.8. The molecule has 28 heavy (non-hydrogen) atoms. The highest BCUT2D eigenvalue weighted by Crippen LogP contribution is 2.31. The van der Waals surface area contributed by atoms with Gasteiger partial charge in [0.1, 0.15) is 9.90 Å². The van der Waals surface area contributed by atoms with Gasteiger partial charge in [-0.05, 0) is 31.2 Å². The summed E-state index contributed by atoms with van der Waals surface area (Å²) in [4.78, 5) is 13.5. The number of anilines is 1. The van der Waals surface area contributed by atoms with Gasteiger partial charge in [-0.15, -0.1) is 11.3 Å². The Kier molecular flexibility index (Phi) is 4.44. The Labute approximate surface area is 164 Å². The van der Waals surface area contributed by atoms with Crippen LogP contribution in [0.4, 0.5) is 5.69 Å². The third-order valence-corrected chi connectivity index (χ3v) is 7.26. The molecule has 8 nitrogen and oxygen atoms in total. The zero-order valence-corrected chi connectivity index (χ0v) is 16.6. The molecule has 0 aliphatic carbocycles. The van der Waals surface area contributed by atoms with E-state index in [1.807, 2.05) is 18.2 Å². The molecule has 144 valence electrons. The first-order chi connectivity index (χ1) is 13.4. The van der Waals surface area contributed by atoms with Crippen LogP contribution in [0.2, 0.25) is 0 Å². The molecule has 10 heteroatoms. The van der Waals surface area contributed by atoms with Crippen molar-refractivity contribution in [3.05, 3.63) is 70.8 Å². The fraction of sp³-hybridized carbons (Fsp3) is 0.111. The quantitative estimate of drug-likeness (QED) is 0.539. The number of sulfonamides is 1. The number of benzene rings is 1. The van der Waals surface area contributed by atoms with Gasteiger partial charge in [-0.3, -0.25) is 14.2 Å². The second-order valence-electron chi connectivity index (χ2n) is 6.04. The van der Waals surface area contributed by atoms with Crippen molar-refractivity contribution < 1.29 is 12.9 Å². The fourth-order valence-corrected chi connectivity index (χ4v) is 5.19. The number of rotatable bonds is 5. The normalized spacial score (nSPS) is 11.6. The number of hydrogen-bond acceptors (Lipinski definition) is 6. The van der Waals surface area contributed by atoms with E-state index in [0.717, 1.165) is 11.3 Å². The smallest absolute Gasteiger partial charge is 0.296 e. The van der Waals surface area contributed by atoms with Gasteiger partial charge in [-0.25, -0.2) is 13.1 Å². The molecule has 0 amide bonds. The molecule has 1 aromatic carbocycles. The summed E-state index contributed by atoms with van der Waals surface area (Å²) < 4.78 is 36.3. The van der Waals surface area contributed by atoms with E-state index in [4.69, 9.17) is 4.52 Å². The fourth-order valence-electron chi connectivity index (χ4n) is 2.81. The first-order valence-corrected chi connectivity index (χ1v) is 10.6. The van der Waals surface area contributed by atoms with Crippen LogP contribution >= 0.6 is 11.3 Å². The van der Waals surface area contributed by atoms with Crippen molar-refractivity contribution in [2.45, 2.75) is 11.1 Å². The topological polar surface area (TPSA) is 99.1 Å². The van der Waals surface area contributed by atoms with Gasteiger partial charge < -0.3 is 4.52 Å². The van der Waals surface area contributed by atoms with E-state index >= 15 is 0 Å².